The van der Waals surface area contributed by atoms with Crippen LogP contribution in [0.25, 0.3) is 0 Å². The highest BCUT2D eigenvalue weighted by Crippen LogP contribution is 2.07. The number of hydrogen-bond donors (Lipinski definition) is 2. The summed E-state index contributed by atoms with van der Waals surface area (Å²) >= 11 is 0. The van der Waals surface area contributed by atoms with Gasteiger partial charge >= 0.3 is 11.8 Å². The van der Waals surface area contributed by atoms with Crippen LogP contribution in [0.1, 0.15) is 5.56 Å². The maximum atomic E-state index is 10.8. The summed E-state index contributed by atoms with van der Waals surface area (Å²) in [5.74, 6) is -1.79. The van der Waals surface area contributed by atoms with Gasteiger partial charge in [0.15, 0.2) is 0 Å². The predicted octanol–water partition coefficient (Wildman–Crippen LogP) is 0.419. The minimum atomic E-state index is -0.986. The largest absolute Gasteiger partial charge is 0.361 e. The normalized spacial score (nSPS) is 9.31. The Morgan fingerprint density at radius 1 is 1.23 bits per heavy atom. The summed E-state index contributed by atoms with van der Waals surface area (Å²) < 4.78 is 0. The van der Waals surface area contributed by atoms with Gasteiger partial charge in [-0.15, -0.1) is 0 Å². The summed E-state index contributed by atoms with van der Waals surface area (Å²) in [6.07, 6.45) is 0. The second kappa shape index (κ2) is 3.71. The zero-order valence-corrected chi connectivity index (χ0v) is 7.20. The van der Waals surface area contributed by atoms with Crippen molar-refractivity contribution in [2.45, 2.75) is 6.92 Å². The Kier molecular flexibility index (Phi) is 2.64. The molecule has 0 heterocycles. The van der Waals surface area contributed by atoms with Crippen molar-refractivity contribution in [1.29, 1.82) is 0 Å². The standard InChI is InChI=1S/C9H10N2O2/c1-6-2-4-7(5-3-6)11-9(13)8(10)12/h2-5H,1H3,(H2,10,12)(H,11,13). The second-order valence-corrected chi connectivity index (χ2v) is 2.68. The molecule has 0 unspecified atom stereocenters. The van der Waals surface area contributed by atoms with Gasteiger partial charge in [0.25, 0.3) is 0 Å². The first-order valence-corrected chi connectivity index (χ1v) is 3.77. The Morgan fingerprint density at radius 2 is 1.77 bits per heavy atom. The SMILES string of the molecule is Cc1ccc(NC(=O)C(N)=O)cc1. The van der Waals surface area contributed by atoms with Gasteiger partial charge in [0.1, 0.15) is 0 Å². The molecule has 0 saturated carbocycles. The summed E-state index contributed by atoms with van der Waals surface area (Å²) in [7, 11) is 0. The van der Waals surface area contributed by atoms with E-state index in [1.165, 1.54) is 0 Å². The lowest BCUT2D eigenvalue weighted by Crippen LogP contribution is -2.29. The van der Waals surface area contributed by atoms with Crippen LogP contribution >= 0.6 is 0 Å². The van der Waals surface area contributed by atoms with Crippen LogP contribution in [0.4, 0.5) is 5.69 Å². The number of primary amides is 1. The number of anilines is 1. The molecule has 0 aliphatic heterocycles. The van der Waals surface area contributed by atoms with Gasteiger partial charge in [-0.05, 0) is 19.1 Å². The molecule has 4 nitrogen and oxygen atoms in total. The minimum Gasteiger partial charge on any atom is -0.361 e. The molecule has 0 radical (unpaired) electrons. The lowest BCUT2D eigenvalue weighted by molar-refractivity contribution is -0.134. The maximum absolute atomic E-state index is 10.8. The number of benzene rings is 1. The van der Waals surface area contributed by atoms with Crippen LogP contribution in [0.5, 0.6) is 0 Å². The van der Waals surface area contributed by atoms with Gasteiger partial charge < -0.3 is 11.1 Å². The van der Waals surface area contributed by atoms with Crippen LogP contribution < -0.4 is 11.1 Å². The summed E-state index contributed by atoms with van der Waals surface area (Å²) in [5.41, 5.74) is 6.41. The molecular weight excluding hydrogens is 168 g/mol. The molecule has 4 heteroatoms. The number of carbonyl (C=O) groups excluding carboxylic acids is 2. The number of carbonyl (C=O) groups is 2. The number of nitrogens with one attached hydrogen (secondary N) is 1. The molecule has 1 aromatic carbocycles. The van der Waals surface area contributed by atoms with E-state index in [2.05, 4.69) is 5.32 Å². The summed E-state index contributed by atoms with van der Waals surface area (Å²) in [4.78, 5) is 21.2. The van der Waals surface area contributed by atoms with E-state index >= 15 is 0 Å². The van der Waals surface area contributed by atoms with E-state index in [1.807, 2.05) is 19.1 Å². The zero-order chi connectivity index (χ0) is 9.84. The van der Waals surface area contributed by atoms with Crippen LogP contribution in [0, 0.1) is 6.92 Å². The molecule has 3 N–H and O–H groups in total. The molecule has 2 amide bonds. The molecule has 0 aromatic heterocycles. The second-order valence-electron chi connectivity index (χ2n) is 2.68. The van der Waals surface area contributed by atoms with Gasteiger partial charge in [-0.25, -0.2) is 0 Å². The van der Waals surface area contributed by atoms with E-state index in [9.17, 15) is 9.59 Å². The summed E-state index contributed by atoms with van der Waals surface area (Å²) in [5, 5.41) is 2.36. The van der Waals surface area contributed by atoms with Crippen molar-refractivity contribution < 1.29 is 9.59 Å². The maximum Gasteiger partial charge on any atom is 0.313 e. The van der Waals surface area contributed by atoms with Crippen LogP contribution in [-0.2, 0) is 9.59 Å². The Bertz CT molecular complexity index is 330. The molecular formula is C9H10N2O2. The fourth-order valence-corrected chi connectivity index (χ4v) is 0.830. The molecule has 0 saturated heterocycles. The molecule has 1 aromatic rings. The average Bonchev–Trinajstić information content (AvgIpc) is 2.08. The summed E-state index contributed by atoms with van der Waals surface area (Å²) in [6, 6.07) is 7.07. The topological polar surface area (TPSA) is 72.2 Å². The number of nitrogens with two attached hydrogens (primary N) is 1. The molecule has 0 spiro atoms. The van der Waals surface area contributed by atoms with Gasteiger partial charge in [0, 0.05) is 5.69 Å². The highest BCUT2D eigenvalue weighted by atomic mass is 16.2. The molecule has 68 valence electrons. The Balaban J connectivity index is 2.70. The van der Waals surface area contributed by atoms with Crippen molar-refractivity contribution in [3.63, 3.8) is 0 Å². The van der Waals surface area contributed by atoms with Crippen LogP contribution in [-0.4, -0.2) is 11.8 Å². The third-order valence-corrected chi connectivity index (χ3v) is 1.53. The lowest BCUT2D eigenvalue weighted by atomic mass is 10.2. The average molecular weight is 178 g/mol. The monoisotopic (exact) mass is 178 g/mol. The first kappa shape index (κ1) is 9.25. The van der Waals surface area contributed by atoms with Gasteiger partial charge in [0.2, 0.25) is 0 Å². The molecule has 0 bridgehead atoms. The highest BCUT2D eigenvalue weighted by molar-refractivity contribution is 6.39. The highest BCUT2D eigenvalue weighted by Gasteiger charge is 2.07. The van der Waals surface area contributed by atoms with E-state index in [0.29, 0.717) is 5.69 Å². The number of aryl methyl sites for hydroxylation is 1. The van der Waals surface area contributed by atoms with Crippen LogP contribution in [0.15, 0.2) is 24.3 Å². The van der Waals surface area contributed by atoms with Crippen molar-refractivity contribution in [3.8, 4) is 0 Å². The fraction of sp³-hybridized carbons (Fsp3) is 0.111. The minimum absolute atomic E-state index is 0.564. The van der Waals surface area contributed by atoms with E-state index in [1.54, 1.807) is 12.1 Å². The zero-order valence-electron chi connectivity index (χ0n) is 7.20. The Morgan fingerprint density at radius 3 is 2.23 bits per heavy atom. The quantitative estimate of drug-likeness (QED) is 0.611. The summed E-state index contributed by atoms with van der Waals surface area (Å²) in [6.45, 7) is 1.93. The van der Waals surface area contributed by atoms with E-state index in [-0.39, 0.29) is 0 Å². The molecule has 0 aliphatic rings. The van der Waals surface area contributed by atoms with Crippen LogP contribution in [0.3, 0.4) is 0 Å². The number of amides is 2. The third kappa shape index (κ3) is 2.59. The van der Waals surface area contributed by atoms with Crippen LogP contribution in [0.2, 0.25) is 0 Å². The third-order valence-electron chi connectivity index (χ3n) is 1.53. The molecule has 1 rings (SSSR count). The first-order chi connectivity index (χ1) is 6.09. The van der Waals surface area contributed by atoms with E-state index < -0.39 is 11.8 Å². The van der Waals surface area contributed by atoms with Gasteiger partial charge in [-0.2, -0.15) is 0 Å². The predicted molar refractivity (Wildman–Crippen MR) is 49.0 cm³/mol. The molecule has 0 fully saturated rings. The fourth-order valence-electron chi connectivity index (χ4n) is 0.830. The van der Waals surface area contributed by atoms with Crippen molar-refractivity contribution in [3.05, 3.63) is 29.8 Å². The molecule has 0 aliphatic carbocycles. The van der Waals surface area contributed by atoms with Crippen molar-refractivity contribution in [2.24, 2.45) is 5.73 Å². The Hall–Kier alpha value is -1.84. The van der Waals surface area contributed by atoms with E-state index in [4.69, 9.17) is 5.73 Å². The van der Waals surface area contributed by atoms with Gasteiger partial charge in [0.05, 0.1) is 0 Å². The lowest BCUT2D eigenvalue weighted by Gasteiger charge is -2.01. The number of rotatable bonds is 1. The van der Waals surface area contributed by atoms with Crippen molar-refractivity contribution in [1.82, 2.24) is 0 Å². The smallest absolute Gasteiger partial charge is 0.313 e. The van der Waals surface area contributed by atoms with E-state index in [0.717, 1.165) is 5.56 Å². The van der Waals surface area contributed by atoms with Gasteiger partial charge in [-0.3, -0.25) is 9.59 Å². The Labute approximate surface area is 75.7 Å². The van der Waals surface area contributed by atoms with Crippen molar-refractivity contribution in [2.75, 3.05) is 5.32 Å². The van der Waals surface area contributed by atoms with Gasteiger partial charge in [-0.1, -0.05) is 17.7 Å². The van der Waals surface area contributed by atoms with Crippen molar-refractivity contribution >= 4 is 17.5 Å². The number of hydrogen-bond acceptors (Lipinski definition) is 2. The first-order valence-electron chi connectivity index (χ1n) is 3.77. The molecule has 0 atom stereocenters. The molecule has 13 heavy (non-hydrogen) atoms.